The SMILES string of the molecule is CCc1cccc2sc(N(CCCN3CCOCC3)C(=O)CCCS(=O)(=O)c3ccc(Cl)cc3)nc12. The molecule has 1 saturated heterocycles. The number of nitrogens with zero attached hydrogens (tertiary/aromatic N) is 3. The summed E-state index contributed by atoms with van der Waals surface area (Å²) >= 11 is 7.40. The Morgan fingerprint density at radius 1 is 1.14 bits per heavy atom. The number of morpholine rings is 1. The fourth-order valence-corrected chi connectivity index (χ4v) is 6.80. The highest BCUT2D eigenvalue weighted by Gasteiger charge is 2.22. The number of para-hydroxylation sites is 1. The number of anilines is 1. The Balaban J connectivity index is 1.45. The number of amides is 1. The van der Waals surface area contributed by atoms with E-state index in [9.17, 15) is 13.2 Å². The van der Waals surface area contributed by atoms with Gasteiger partial charge in [0, 0.05) is 37.6 Å². The molecule has 1 aliphatic rings. The molecule has 4 rings (SSSR count). The van der Waals surface area contributed by atoms with Gasteiger partial charge in [-0.25, -0.2) is 13.4 Å². The molecule has 1 fully saturated rings. The second-order valence-electron chi connectivity index (χ2n) is 8.84. The van der Waals surface area contributed by atoms with Crippen molar-refractivity contribution in [1.29, 1.82) is 0 Å². The lowest BCUT2D eigenvalue weighted by molar-refractivity contribution is -0.118. The topological polar surface area (TPSA) is 79.8 Å². The zero-order chi connectivity index (χ0) is 25.5. The molecule has 2 heterocycles. The molecule has 7 nitrogen and oxygen atoms in total. The largest absolute Gasteiger partial charge is 0.379 e. The van der Waals surface area contributed by atoms with Gasteiger partial charge >= 0.3 is 0 Å². The molecule has 0 radical (unpaired) electrons. The number of rotatable bonds is 11. The first-order chi connectivity index (χ1) is 17.4. The molecular formula is C26H32ClN3O4S2. The Hall–Kier alpha value is -2.04. The lowest BCUT2D eigenvalue weighted by Crippen LogP contribution is -2.39. The van der Waals surface area contributed by atoms with Crippen LogP contribution in [0, 0.1) is 0 Å². The molecule has 0 N–H and O–H groups in total. The summed E-state index contributed by atoms with van der Waals surface area (Å²) in [6.45, 7) is 6.80. The lowest BCUT2D eigenvalue weighted by atomic mass is 10.1. The van der Waals surface area contributed by atoms with E-state index >= 15 is 0 Å². The molecule has 194 valence electrons. The number of halogens is 1. The van der Waals surface area contributed by atoms with Gasteiger partial charge in [0.15, 0.2) is 15.0 Å². The van der Waals surface area contributed by atoms with Crippen LogP contribution in [-0.4, -0.2) is 69.4 Å². The van der Waals surface area contributed by atoms with Crippen LogP contribution in [0.5, 0.6) is 0 Å². The van der Waals surface area contributed by atoms with Crippen LogP contribution >= 0.6 is 22.9 Å². The van der Waals surface area contributed by atoms with Crippen molar-refractivity contribution in [3.05, 3.63) is 53.1 Å². The standard InChI is InChI=1S/C26H32ClN3O4S2/c1-2-20-6-3-7-23-25(20)28-26(35-23)30(14-5-13-29-15-17-34-18-16-29)24(31)8-4-19-36(32,33)22-11-9-21(27)10-12-22/h3,6-7,9-12H,2,4-5,8,13-19H2,1H3. The Kier molecular flexibility index (Phi) is 9.35. The Morgan fingerprint density at radius 3 is 2.61 bits per heavy atom. The van der Waals surface area contributed by atoms with Crippen molar-refractivity contribution >= 4 is 54.0 Å². The molecule has 0 atom stereocenters. The minimum Gasteiger partial charge on any atom is -0.379 e. The average Bonchev–Trinajstić information content (AvgIpc) is 3.31. The van der Waals surface area contributed by atoms with Crippen molar-refractivity contribution in [3.63, 3.8) is 0 Å². The molecule has 0 saturated carbocycles. The van der Waals surface area contributed by atoms with Gasteiger partial charge in [-0.15, -0.1) is 0 Å². The number of aryl methyl sites for hydroxylation is 1. The molecule has 0 bridgehead atoms. The first-order valence-corrected chi connectivity index (χ1v) is 15.2. The summed E-state index contributed by atoms with van der Waals surface area (Å²) in [6, 6.07) is 12.3. The molecule has 3 aromatic rings. The van der Waals surface area contributed by atoms with Crippen molar-refractivity contribution < 1.29 is 17.9 Å². The number of benzene rings is 2. The summed E-state index contributed by atoms with van der Waals surface area (Å²) in [6.07, 6.45) is 2.06. The molecule has 0 aliphatic carbocycles. The normalized spacial score (nSPS) is 14.8. The maximum Gasteiger partial charge on any atom is 0.228 e. The highest BCUT2D eigenvalue weighted by atomic mass is 35.5. The Morgan fingerprint density at radius 2 is 1.89 bits per heavy atom. The van der Waals surface area contributed by atoms with E-state index in [0.717, 1.165) is 61.5 Å². The molecule has 0 spiro atoms. The van der Waals surface area contributed by atoms with Crippen LogP contribution in [0.2, 0.25) is 5.02 Å². The summed E-state index contributed by atoms with van der Waals surface area (Å²) in [7, 11) is -3.48. The predicted molar refractivity (Wildman–Crippen MR) is 146 cm³/mol. The van der Waals surface area contributed by atoms with Gasteiger partial charge in [-0.3, -0.25) is 14.6 Å². The summed E-state index contributed by atoms with van der Waals surface area (Å²) in [5, 5.41) is 1.16. The summed E-state index contributed by atoms with van der Waals surface area (Å²) in [5.41, 5.74) is 2.10. The highest BCUT2D eigenvalue weighted by Crippen LogP contribution is 2.32. The van der Waals surface area contributed by atoms with Crippen LogP contribution < -0.4 is 4.90 Å². The molecule has 36 heavy (non-hydrogen) atoms. The molecular weight excluding hydrogens is 518 g/mol. The predicted octanol–water partition coefficient (Wildman–Crippen LogP) is 4.82. The third kappa shape index (κ3) is 6.83. The van der Waals surface area contributed by atoms with Crippen LogP contribution in [0.1, 0.15) is 31.7 Å². The molecule has 0 unspecified atom stereocenters. The Bertz CT molecular complexity index is 1270. The van der Waals surface area contributed by atoms with E-state index in [1.54, 1.807) is 17.0 Å². The summed E-state index contributed by atoms with van der Waals surface area (Å²) < 4.78 is 31.9. The molecule has 10 heteroatoms. The van der Waals surface area contributed by atoms with E-state index in [0.29, 0.717) is 16.7 Å². The number of sulfone groups is 1. The number of ether oxygens (including phenoxy) is 1. The molecule has 1 aromatic heterocycles. The molecule has 1 aliphatic heterocycles. The zero-order valence-electron chi connectivity index (χ0n) is 20.5. The van der Waals surface area contributed by atoms with Crippen molar-refractivity contribution in [2.75, 3.05) is 50.0 Å². The number of fused-ring (bicyclic) bond motifs is 1. The van der Waals surface area contributed by atoms with E-state index in [1.165, 1.54) is 23.5 Å². The number of carbonyl (C=O) groups is 1. The van der Waals surface area contributed by atoms with E-state index in [1.807, 2.05) is 12.1 Å². The van der Waals surface area contributed by atoms with Gasteiger partial charge in [0.1, 0.15) is 0 Å². The third-order valence-electron chi connectivity index (χ3n) is 6.34. The van der Waals surface area contributed by atoms with Crippen molar-refractivity contribution in [2.24, 2.45) is 0 Å². The molecule has 2 aromatic carbocycles. The fraction of sp³-hybridized carbons (Fsp3) is 0.462. The van der Waals surface area contributed by atoms with E-state index in [2.05, 4.69) is 17.9 Å². The van der Waals surface area contributed by atoms with Crippen molar-refractivity contribution in [3.8, 4) is 0 Å². The van der Waals surface area contributed by atoms with Gasteiger partial charge in [0.05, 0.1) is 34.1 Å². The Labute approximate surface area is 221 Å². The highest BCUT2D eigenvalue weighted by molar-refractivity contribution is 7.91. The number of carbonyl (C=O) groups excluding carboxylic acids is 1. The number of hydrogen-bond donors (Lipinski definition) is 0. The molecule has 1 amide bonds. The lowest BCUT2D eigenvalue weighted by Gasteiger charge is -2.27. The summed E-state index contributed by atoms with van der Waals surface area (Å²) in [4.78, 5) is 22.5. The monoisotopic (exact) mass is 549 g/mol. The van der Waals surface area contributed by atoms with Gasteiger partial charge in [0.25, 0.3) is 0 Å². The zero-order valence-corrected chi connectivity index (χ0v) is 22.9. The van der Waals surface area contributed by atoms with Crippen LogP contribution in [0.25, 0.3) is 10.2 Å². The van der Waals surface area contributed by atoms with Gasteiger partial charge in [0.2, 0.25) is 5.91 Å². The van der Waals surface area contributed by atoms with E-state index in [-0.39, 0.29) is 29.4 Å². The minimum absolute atomic E-state index is 0.0954. The first-order valence-electron chi connectivity index (χ1n) is 12.3. The van der Waals surface area contributed by atoms with Crippen LogP contribution in [0.4, 0.5) is 5.13 Å². The smallest absolute Gasteiger partial charge is 0.228 e. The third-order valence-corrected chi connectivity index (χ3v) is 9.45. The van der Waals surface area contributed by atoms with Crippen molar-refractivity contribution in [2.45, 2.75) is 37.5 Å². The van der Waals surface area contributed by atoms with Crippen LogP contribution in [-0.2, 0) is 25.8 Å². The average molecular weight is 550 g/mol. The quantitative estimate of drug-likeness (QED) is 0.341. The van der Waals surface area contributed by atoms with Crippen LogP contribution in [0.15, 0.2) is 47.4 Å². The van der Waals surface area contributed by atoms with Gasteiger partial charge in [-0.05, 0) is 55.2 Å². The number of aromatic nitrogens is 1. The van der Waals surface area contributed by atoms with E-state index in [4.69, 9.17) is 21.3 Å². The van der Waals surface area contributed by atoms with Gasteiger partial charge < -0.3 is 4.74 Å². The fourth-order valence-electron chi connectivity index (χ4n) is 4.31. The number of hydrogen-bond acceptors (Lipinski definition) is 7. The first kappa shape index (κ1) is 27.0. The second-order valence-corrected chi connectivity index (χ2v) is 12.4. The number of thiazole rings is 1. The van der Waals surface area contributed by atoms with Gasteiger partial charge in [-0.1, -0.05) is 42.0 Å². The summed E-state index contributed by atoms with van der Waals surface area (Å²) in [5.74, 6) is -0.192. The van der Waals surface area contributed by atoms with Crippen LogP contribution in [0.3, 0.4) is 0 Å². The minimum atomic E-state index is -3.48. The maximum atomic E-state index is 13.4. The van der Waals surface area contributed by atoms with Gasteiger partial charge in [-0.2, -0.15) is 0 Å². The second kappa shape index (κ2) is 12.5. The van der Waals surface area contributed by atoms with Crippen molar-refractivity contribution in [1.82, 2.24) is 9.88 Å². The van der Waals surface area contributed by atoms with E-state index < -0.39 is 9.84 Å². The maximum absolute atomic E-state index is 13.4.